The molecule has 1 heterocycles. The van der Waals surface area contributed by atoms with E-state index in [4.69, 9.17) is 21.1 Å². The molecule has 0 fully saturated rings. The molecule has 0 atom stereocenters. The molecule has 0 saturated carbocycles. The zero-order valence-corrected chi connectivity index (χ0v) is 27.6. The number of hydrogen-bond acceptors (Lipinski definition) is 6. The number of amides is 1. The van der Waals surface area contributed by atoms with Crippen molar-refractivity contribution < 1.29 is 23.9 Å². The monoisotopic (exact) mass is 618 g/mol. The smallest absolute Gasteiger partial charge is 0.262 e. The molecule has 0 spiro atoms. The summed E-state index contributed by atoms with van der Waals surface area (Å²) in [5, 5.41) is 3.08. The van der Waals surface area contributed by atoms with Crippen LogP contribution in [0.25, 0.3) is 0 Å². The molecule has 0 aromatic heterocycles. The van der Waals surface area contributed by atoms with E-state index in [1.165, 1.54) is 0 Å². The van der Waals surface area contributed by atoms with E-state index in [1.54, 1.807) is 6.07 Å². The number of ketones is 2. The van der Waals surface area contributed by atoms with Gasteiger partial charge < -0.3 is 19.7 Å². The highest BCUT2D eigenvalue weighted by molar-refractivity contribution is 6.32. The van der Waals surface area contributed by atoms with Crippen molar-refractivity contribution in [3.8, 4) is 11.5 Å². The minimum absolute atomic E-state index is 0.0612. The van der Waals surface area contributed by atoms with Crippen LogP contribution in [0, 0.1) is 17.8 Å². The first-order valence-corrected chi connectivity index (χ1v) is 15.9. The van der Waals surface area contributed by atoms with Crippen molar-refractivity contribution in [2.24, 2.45) is 10.8 Å². The van der Waals surface area contributed by atoms with Gasteiger partial charge in [0.1, 0.15) is 0 Å². The Bertz CT molecular complexity index is 1510. The highest BCUT2D eigenvalue weighted by Crippen LogP contribution is 2.55. The Morgan fingerprint density at radius 2 is 1.48 bits per heavy atom. The van der Waals surface area contributed by atoms with Crippen LogP contribution < -0.4 is 14.8 Å². The van der Waals surface area contributed by atoms with Crippen LogP contribution in [-0.4, -0.2) is 42.1 Å². The molecule has 44 heavy (non-hydrogen) atoms. The predicted molar refractivity (Wildman–Crippen MR) is 173 cm³/mol. The summed E-state index contributed by atoms with van der Waals surface area (Å²) in [6.07, 6.45) is 2.30. The first-order chi connectivity index (χ1) is 20.7. The fraction of sp³-hybridized carbons (Fsp3) is 0.472. The Balaban J connectivity index is 1.56. The maximum Gasteiger partial charge on any atom is 0.262 e. The number of Topliss-reactive ketones (excluding diaryl/α,β-unsaturated/α-hetero) is 2. The van der Waals surface area contributed by atoms with Gasteiger partial charge in [-0.25, -0.2) is 0 Å². The van der Waals surface area contributed by atoms with Crippen molar-refractivity contribution in [2.45, 2.75) is 80.1 Å². The normalized spacial score (nSPS) is 19.5. The minimum atomic E-state index is -0.550. The lowest BCUT2D eigenvalue weighted by atomic mass is 9.63. The van der Waals surface area contributed by atoms with Gasteiger partial charge in [-0.2, -0.15) is 0 Å². The molecule has 0 saturated heterocycles. The van der Waals surface area contributed by atoms with Gasteiger partial charge in [0.15, 0.2) is 29.7 Å². The summed E-state index contributed by atoms with van der Waals surface area (Å²) < 4.78 is 11.9. The summed E-state index contributed by atoms with van der Waals surface area (Å²) in [5.74, 6) is -0.146. The number of benzene rings is 2. The molecule has 1 aliphatic heterocycles. The average molecular weight is 619 g/mol. The summed E-state index contributed by atoms with van der Waals surface area (Å²) in [6.45, 7) is 15.2. The summed E-state index contributed by atoms with van der Waals surface area (Å²) in [4.78, 5) is 42.8. The van der Waals surface area contributed by atoms with Gasteiger partial charge in [0.2, 0.25) is 0 Å². The molecule has 2 aromatic carbocycles. The second kappa shape index (κ2) is 12.1. The molecule has 234 valence electrons. The predicted octanol–water partition coefficient (Wildman–Crippen LogP) is 7.77. The van der Waals surface area contributed by atoms with E-state index in [2.05, 4.69) is 44.8 Å². The number of carbonyl (C=O) groups excluding carboxylic acids is 3. The maximum atomic E-state index is 14.0. The molecule has 0 unspecified atom stereocenters. The SMILES string of the molecule is CCOc1cc(C2C3=C(CC(C)(C)CC3=O)N(CC)C3=C2C(=O)CC(C)(C)C3)cc(Cl)c1OCC(=O)Nc1ccc(C)cc1. The van der Waals surface area contributed by atoms with Crippen molar-refractivity contribution in [1.82, 2.24) is 4.90 Å². The number of ether oxygens (including phenoxy) is 2. The molecule has 2 aliphatic carbocycles. The summed E-state index contributed by atoms with van der Waals surface area (Å²) in [5.41, 5.74) is 5.47. The molecule has 1 N–H and O–H groups in total. The average Bonchev–Trinajstić information content (AvgIpc) is 2.91. The number of aryl methyl sites for hydroxylation is 1. The lowest BCUT2D eigenvalue weighted by Crippen LogP contribution is -2.44. The fourth-order valence-corrected chi connectivity index (χ4v) is 7.17. The van der Waals surface area contributed by atoms with Crippen LogP contribution in [0.5, 0.6) is 11.5 Å². The molecule has 5 rings (SSSR count). The number of nitrogens with zero attached hydrogens (tertiary/aromatic N) is 1. The van der Waals surface area contributed by atoms with Crippen LogP contribution in [0.3, 0.4) is 0 Å². The largest absolute Gasteiger partial charge is 0.490 e. The van der Waals surface area contributed by atoms with E-state index in [9.17, 15) is 14.4 Å². The number of anilines is 1. The third-order valence-electron chi connectivity index (χ3n) is 8.69. The Hall–Kier alpha value is -3.58. The molecule has 3 aliphatic rings. The number of nitrogens with one attached hydrogen (secondary N) is 1. The van der Waals surface area contributed by atoms with Crippen molar-refractivity contribution in [3.63, 3.8) is 0 Å². The van der Waals surface area contributed by atoms with Gasteiger partial charge in [-0.05, 0) is 74.3 Å². The van der Waals surface area contributed by atoms with Gasteiger partial charge in [-0.15, -0.1) is 0 Å². The standard InChI is InChI=1S/C36H43ClN2O5/c1-8-39-25-16-35(4,5)18-27(40)32(25)31(33-26(39)17-36(6,7)19-28(33)41)22-14-24(37)34(29(15-22)43-9-2)44-20-30(42)38-23-12-10-21(3)11-13-23/h10-15,31H,8-9,16-20H2,1-7H3,(H,38,42). The van der Waals surface area contributed by atoms with E-state index in [0.29, 0.717) is 54.1 Å². The molecular weight excluding hydrogens is 576 g/mol. The number of carbonyl (C=O) groups is 3. The molecular formula is C36H43ClN2O5. The topological polar surface area (TPSA) is 84.9 Å². The highest BCUT2D eigenvalue weighted by Gasteiger charge is 2.48. The van der Waals surface area contributed by atoms with Crippen LogP contribution in [0.15, 0.2) is 58.9 Å². The maximum absolute atomic E-state index is 14.0. The van der Waals surface area contributed by atoms with E-state index in [1.807, 2.05) is 44.2 Å². The van der Waals surface area contributed by atoms with Gasteiger partial charge in [0.05, 0.1) is 11.6 Å². The number of allylic oxidation sites excluding steroid dienone is 4. The number of hydrogen-bond donors (Lipinski definition) is 1. The number of halogens is 1. The molecule has 0 radical (unpaired) electrons. The minimum Gasteiger partial charge on any atom is -0.490 e. The molecule has 2 aromatic rings. The zero-order valence-electron chi connectivity index (χ0n) is 26.9. The second-order valence-corrected chi connectivity index (χ2v) is 14.2. The van der Waals surface area contributed by atoms with Crippen molar-refractivity contribution in [2.75, 3.05) is 25.1 Å². The van der Waals surface area contributed by atoms with Gasteiger partial charge >= 0.3 is 0 Å². The van der Waals surface area contributed by atoms with E-state index >= 15 is 0 Å². The zero-order chi connectivity index (χ0) is 32.0. The molecule has 0 bridgehead atoms. The Kier molecular flexibility index (Phi) is 8.74. The van der Waals surface area contributed by atoms with Crippen molar-refractivity contribution in [3.05, 3.63) is 75.1 Å². The summed E-state index contributed by atoms with van der Waals surface area (Å²) >= 11 is 6.87. The molecule has 1 amide bonds. The van der Waals surface area contributed by atoms with Gasteiger partial charge in [0, 0.05) is 53.5 Å². The Labute approximate surface area is 265 Å². The molecule has 7 nitrogen and oxygen atoms in total. The quantitative estimate of drug-likeness (QED) is 0.325. The van der Waals surface area contributed by atoms with E-state index < -0.39 is 5.92 Å². The Morgan fingerprint density at radius 1 is 0.909 bits per heavy atom. The fourth-order valence-electron chi connectivity index (χ4n) is 6.89. The summed E-state index contributed by atoms with van der Waals surface area (Å²) in [7, 11) is 0. The third-order valence-corrected chi connectivity index (χ3v) is 8.97. The Morgan fingerprint density at radius 3 is 2.00 bits per heavy atom. The van der Waals surface area contributed by atoms with Gasteiger partial charge in [0.25, 0.3) is 5.91 Å². The second-order valence-electron chi connectivity index (χ2n) is 13.7. The lowest BCUT2D eigenvalue weighted by molar-refractivity contribution is -0.120. The first-order valence-electron chi connectivity index (χ1n) is 15.5. The first kappa shape index (κ1) is 31.8. The summed E-state index contributed by atoms with van der Waals surface area (Å²) in [6, 6.07) is 11.1. The van der Waals surface area contributed by atoms with Crippen LogP contribution in [-0.2, 0) is 14.4 Å². The van der Waals surface area contributed by atoms with Crippen LogP contribution in [0.4, 0.5) is 5.69 Å². The third kappa shape index (κ3) is 6.30. The molecule has 8 heteroatoms. The highest BCUT2D eigenvalue weighted by atomic mass is 35.5. The van der Waals surface area contributed by atoms with Gasteiger partial charge in [-0.1, -0.05) is 57.0 Å². The van der Waals surface area contributed by atoms with E-state index in [0.717, 1.165) is 29.8 Å². The van der Waals surface area contributed by atoms with Gasteiger partial charge in [-0.3, -0.25) is 14.4 Å². The van der Waals surface area contributed by atoms with E-state index in [-0.39, 0.29) is 45.7 Å². The van der Waals surface area contributed by atoms with Crippen LogP contribution >= 0.6 is 11.6 Å². The lowest BCUT2D eigenvalue weighted by Gasteiger charge is -2.49. The van der Waals surface area contributed by atoms with Crippen molar-refractivity contribution >= 4 is 34.8 Å². The van der Waals surface area contributed by atoms with Crippen LogP contribution in [0.1, 0.15) is 84.3 Å². The van der Waals surface area contributed by atoms with Crippen molar-refractivity contribution in [1.29, 1.82) is 0 Å². The van der Waals surface area contributed by atoms with Crippen LogP contribution in [0.2, 0.25) is 5.02 Å². The number of rotatable bonds is 8.